The van der Waals surface area contributed by atoms with Crippen molar-refractivity contribution in [3.8, 4) is 17.3 Å². The van der Waals surface area contributed by atoms with E-state index in [-0.39, 0.29) is 12.1 Å². The number of rotatable bonds is 4. The number of hydrogen-bond acceptors (Lipinski definition) is 4. The third-order valence-corrected chi connectivity index (χ3v) is 9.02. The molecule has 9 rings (SSSR count). The summed E-state index contributed by atoms with van der Waals surface area (Å²) in [6, 6.07) is 36.0. The van der Waals surface area contributed by atoms with Crippen LogP contribution in [0.4, 0.5) is 0 Å². The lowest BCUT2D eigenvalue weighted by molar-refractivity contribution is 0.206. The van der Waals surface area contributed by atoms with Crippen molar-refractivity contribution in [3.63, 3.8) is 0 Å². The molecule has 0 radical (unpaired) electrons. The minimum absolute atomic E-state index is 0.0716. The minimum Gasteiger partial charge on any atom is -0.471 e. The molecule has 0 amide bonds. The molecular formula is C37H29N3O2. The maximum absolute atomic E-state index is 6.47. The van der Waals surface area contributed by atoms with E-state index in [1.165, 1.54) is 46.0 Å². The van der Waals surface area contributed by atoms with Gasteiger partial charge < -0.3 is 9.47 Å². The fraction of sp³-hybridized carbons (Fsp3) is 0.189. The van der Waals surface area contributed by atoms with Crippen LogP contribution >= 0.6 is 0 Å². The number of benzene rings is 4. The number of aromatic nitrogens is 2. The summed E-state index contributed by atoms with van der Waals surface area (Å²) >= 11 is 0. The second-order valence-electron chi connectivity index (χ2n) is 11.6. The lowest BCUT2D eigenvalue weighted by Gasteiger charge is -2.16. The van der Waals surface area contributed by atoms with Crippen LogP contribution in [0, 0.1) is 0 Å². The molecule has 4 aromatic carbocycles. The Hall–Kier alpha value is -4.90. The highest BCUT2D eigenvalue weighted by Gasteiger charge is 2.39. The molecule has 2 aliphatic carbocycles. The van der Waals surface area contributed by atoms with Gasteiger partial charge in [0.05, 0.1) is 11.0 Å². The Morgan fingerprint density at radius 2 is 1.57 bits per heavy atom. The maximum Gasteiger partial charge on any atom is 0.217 e. The maximum atomic E-state index is 6.47. The number of pyridine rings is 1. The van der Waals surface area contributed by atoms with Gasteiger partial charge in [0.25, 0.3) is 0 Å². The van der Waals surface area contributed by atoms with Gasteiger partial charge in [-0.3, -0.25) is 4.57 Å². The Balaban J connectivity index is 1.08. The molecule has 2 aromatic heterocycles. The van der Waals surface area contributed by atoms with Crippen molar-refractivity contribution >= 4 is 27.7 Å². The first-order chi connectivity index (χ1) is 20.8. The van der Waals surface area contributed by atoms with Gasteiger partial charge in [-0.1, -0.05) is 54.6 Å². The molecule has 2 atom stereocenters. The van der Waals surface area contributed by atoms with E-state index in [4.69, 9.17) is 19.5 Å². The van der Waals surface area contributed by atoms with Crippen LogP contribution in [0.2, 0.25) is 0 Å². The normalized spacial score (nSPS) is 18.8. The van der Waals surface area contributed by atoms with Crippen molar-refractivity contribution in [1.82, 2.24) is 9.55 Å². The number of para-hydroxylation sites is 1. The fourth-order valence-electron chi connectivity index (χ4n) is 7.02. The summed E-state index contributed by atoms with van der Waals surface area (Å²) in [6.45, 7) is 0. The Kier molecular flexibility index (Phi) is 5.27. The number of ether oxygens (including phenoxy) is 2. The van der Waals surface area contributed by atoms with E-state index in [1.807, 2.05) is 24.3 Å². The zero-order valence-electron chi connectivity index (χ0n) is 23.2. The van der Waals surface area contributed by atoms with E-state index < -0.39 is 0 Å². The Morgan fingerprint density at radius 3 is 2.57 bits per heavy atom. The molecule has 0 saturated carbocycles. The van der Waals surface area contributed by atoms with Crippen molar-refractivity contribution in [3.05, 3.63) is 131 Å². The summed E-state index contributed by atoms with van der Waals surface area (Å²) in [5.74, 6) is 3.19. The van der Waals surface area contributed by atoms with Crippen molar-refractivity contribution in [1.29, 1.82) is 0 Å². The molecule has 3 heterocycles. The first-order valence-electron chi connectivity index (χ1n) is 14.9. The standard InChI is InChI=1S/C37H29N3O2/c1-3-12-28-24(9-1)21-34-36(28)39-37(42-34)25-10-7-11-26(20-25)41-27-17-18-30-29-13-4-6-15-32(29)40(33(30)22-27)35-19-16-23-8-2-5-14-31(23)38-35/h1,3-4,6-7,9-13,15-20,22,34,36H,2,5,8,14,21H2/t34-,36+/m1/s1. The molecule has 42 heavy (non-hydrogen) atoms. The van der Waals surface area contributed by atoms with E-state index in [9.17, 15) is 0 Å². The lowest BCUT2D eigenvalue weighted by atomic mass is 9.96. The quantitative estimate of drug-likeness (QED) is 0.223. The van der Waals surface area contributed by atoms with E-state index in [0.29, 0.717) is 5.90 Å². The monoisotopic (exact) mass is 547 g/mol. The average Bonchev–Trinajstić information content (AvgIpc) is 3.70. The van der Waals surface area contributed by atoms with Gasteiger partial charge in [0.2, 0.25) is 5.90 Å². The number of hydrogen-bond donors (Lipinski definition) is 0. The molecule has 5 heteroatoms. The summed E-state index contributed by atoms with van der Waals surface area (Å²) < 4.78 is 15.1. The molecular weight excluding hydrogens is 518 g/mol. The molecule has 0 fully saturated rings. The highest BCUT2D eigenvalue weighted by atomic mass is 16.5. The largest absolute Gasteiger partial charge is 0.471 e. The van der Waals surface area contributed by atoms with Gasteiger partial charge in [-0.15, -0.1) is 0 Å². The number of aryl methyl sites for hydroxylation is 2. The van der Waals surface area contributed by atoms with Gasteiger partial charge in [0.15, 0.2) is 0 Å². The number of nitrogens with zero attached hydrogens (tertiary/aromatic N) is 3. The lowest BCUT2D eigenvalue weighted by Crippen LogP contribution is -2.13. The zero-order valence-corrected chi connectivity index (χ0v) is 23.2. The molecule has 204 valence electrons. The zero-order chi connectivity index (χ0) is 27.6. The van der Waals surface area contributed by atoms with Crippen LogP contribution in [0.1, 0.15) is 46.8 Å². The molecule has 0 bridgehead atoms. The summed E-state index contributed by atoms with van der Waals surface area (Å²) in [6.07, 6.45) is 5.60. The smallest absolute Gasteiger partial charge is 0.217 e. The first kappa shape index (κ1) is 23.8. The topological polar surface area (TPSA) is 48.6 Å². The van der Waals surface area contributed by atoms with E-state index in [2.05, 4.69) is 83.4 Å². The number of fused-ring (bicyclic) bond motifs is 7. The van der Waals surface area contributed by atoms with Gasteiger partial charge in [-0.2, -0.15) is 0 Å². The van der Waals surface area contributed by atoms with Gasteiger partial charge in [-0.25, -0.2) is 9.98 Å². The van der Waals surface area contributed by atoms with Crippen molar-refractivity contribution in [2.45, 2.75) is 44.2 Å². The first-order valence-corrected chi connectivity index (χ1v) is 14.9. The summed E-state index contributed by atoms with van der Waals surface area (Å²) in [5, 5.41) is 2.40. The molecule has 6 aromatic rings. The molecule has 0 spiro atoms. The van der Waals surface area contributed by atoms with Crippen molar-refractivity contribution < 1.29 is 9.47 Å². The average molecular weight is 548 g/mol. The van der Waals surface area contributed by atoms with Gasteiger partial charge in [-0.05, 0) is 84.8 Å². The van der Waals surface area contributed by atoms with E-state index in [0.717, 1.165) is 53.2 Å². The highest BCUT2D eigenvalue weighted by molar-refractivity contribution is 6.09. The number of aliphatic imine (C=N–C) groups is 1. The predicted molar refractivity (Wildman–Crippen MR) is 166 cm³/mol. The summed E-state index contributed by atoms with van der Waals surface area (Å²) in [4.78, 5) is 10.1. The predicted octanol–water partition coefficient (Wildman–Crippen LogP) is 8.29. The van der Waals surface area contributed by atoms with E-state index >= 15 is 0 Å². The summed E-state index contributed by atoms with van der Waals surface area (Å²) in [5.41, 5.74) is 8.42. The van der Waals surface area contributed by atoms with Crippen LogP contribution in [-0.4, -0.2) is 21.6 Å². The molecule has 0 N–H and O–H groups in total. The highest BCUT2D eigenvalue weighted by Crippen LogP contribution is 2.41. The third-order valence-electron chi connectivity index (χ3n) is 9.02. The molecule has 0 saturated heterocycles. The SMILES string of the molecule is c1cc(Oc2ccc3c4ccccc4n(-c4ccc5c(n4)CCCC5)c3c2)cc(C2=N[C@H]3c4ccccc4C[C@H]3O2)c1. The Labute approximate surface area is 244 Å². The van der Waals surface area contributed by atoms with Crippen molar-refractivity contribution in [2.75, 3.05) is 0 Å². The molecule has 3 aliphatic rings. The summed E-state index contributed by atoms with van der Waals surface area (Å²) in [7, 11) is 0. The minimum atomic E-state index is 0.0716. The second kappa shape index (κ2) is 9.31. The van der Waals surface area contributed by atoms with Crippen LogP contribution in [-0.2, 0) is 24.0 Å². The van der Waals surface area contributed by atoms with Gasteiger partial charge >= 0.3 is 0 Å². The molecule has 1 aliphatic heterocycles. The van der Waals surface area contributed by atoms with Gasteiger partial charge in [0.1, 0.15) is 29.5 Å². The van der Waals surface area contributed by atoms with Crippen LogP contribution in [0.5, 0.6) is 11.5 Å². The Bertz CT molecular complexity index is 2060. The van der Waals surface area contributed by atoms with Crippen LogP contribution in [0.15, 0.2) is 108 Å². The van der Waals surface area contributed by atoms with Crippen LogP contribution in [0.3, 0.4) is 0 Å². The second-order valence-corrected chi connectivity index (χ2v) is 11.6. The van der Waals surface area contributed by atoms with Crippen LogP contribution in [0.25, 0.3) is 27.6 Å². The Morgan fingerprint density at radius 1 is 0.714 bits per heavy atom. The van der Waals surface area contributed by atoms with Gasteiger partial charge in [0, 0.05) is 34.5 Å². The third kappa shape index (κ3) is 3.77. The molecule has 5 nitrogen and oxygen atoms in total. The van der Waals surface area contributed by atoms with E-state index in [1.54, 1.807) is 0 Å². The molecule has 0 unspecified atom stereocenters. The van der Waals surface area contributed by atoms with Crippen LogP contribution < -0.4 is 4.74 Å². The van der Waals surface area contributed by atoms with Crippen molar-refractivity contribution in [2.24, 2.45) is 4.99 Å². The fourth-order valence-corrected chi connectivity index (χ4v) is 7.02.